The first-order chi connectivity index (χ1) is 12.6. The van der Waals surface area contributed by atoms with E-state index in [0.29, 0.717) is 29.6 Å². The second-order valence-corrected chi connectivity index (χ2v) is 7.38. The number of hydrogen-bond acceptors (Lipinski definition) is 4. The number of carbonyl (C=O) groups excluding carboxylic acids is 1. The number of likely N-dealkylation sites (N-methyl/N-ethyl adjacent to an activating group) is 1. The van der Waals surface area contributed by atoms with Crippen LogP contribution in [0.3, 0.4) is 0 Å². The van der Waals surface area contributed by atoms with Crippen LogP contribution in [0.4, 0.5) is 0 Å². The van der Waals surface area contributed by atoms with E-state index in [0.717, 1.165) is 30.8 Å². The van der Waals surface area contributed by atoms with Gasteiger partial charge in [0.1, 0.15) is 11.5 Å². The lowest BCUT2D eigenvalue weighted by Crippen LogP contribution is -2.48. The van der Waals surface area contributed by atoms with E-state index in [2.05, 4.69) is 21.9 Å². The van der Waals surface area contributed by atoms with Crippen molar-refractivity contribution in [3.63, 3.8) is 0 Å². The third-order valence-corrected chi connectivity index (χ3v) is 5.57. The van der Waals surface area contributed by atoms with Gasteiger partial charge in [0.05, 0.1) is 18.8 Å². The molecular formula is C19H23ClN4O2. The topological polar surface area (TPSA) is 61.5 Å². The van der Waals surface area contributed by atoms with Crippen LogP contribution in [0.15, 0.2) is 24.3 Å². The van der Waals surface area contributed by atoms with E-state index < -0.39 is 0 Å². The van der Waals surface area contributed by atoms with Gasteiger partial charge in [-0.2, -0.15) is 0 Å². The largest absolute Gasteiger partial charge is 0.373 e. The van der Waals surface area contributed by atoms with Crippen LogP contribution >= 0.6 is 11.6 Å². The molecule has 1 N–H and O–H groups in total. The minimum atomic E-state index is -0.0234. The molecule has 0 unspecified atom stereocenters. The maximum absolute atomic E-state index is 13.1. The van der Waals surface area contributed by atoms with Crippen LogP contribution in [0.5, 0.6) is 0 Å². The first-order valence-electron chi connectivity index (χ1n) is 9.02. The molecule has 0 spiro atoms. The Balaban J connectivity index is 1.59. The Labute approximate surface area is 158 Å². The zero-order valence-corrected chi connectivity index (χ0v) is 15.8. The van der Waals surface area contributed by atoms with Gasteiger partial charge >= 0.3 is 0 Å². The molecule has 1 aromatic carbocycles. The lowest BCUT2D eigenvalue weighted by molar-refractivity contribution is -0.0368. The van der Waals surface area contributed by atoms with Crippen LogP contribution in [0.2, 0.25) is 5.02 Å². The van der Waals surface area contributed by atoms with Gasteiger partial charge < -0.3 is 14.6 Å². The Morgan fingerprint density at radius 1 is 1.35 bits per heavy atom. The van der Waals surface area contributed by atoms with Crippen molar-refractivity contribution < 1.29 is 9.53 Å². The van der Waals surface area contributed by atoms with Crippen LogP contribution in [0, 0.1) is 0 Å². The number of H-pyrrole nitrogens is 1. The number of aryl methyl sites for hydroxylation is 1. The second-order valence-electron chi connectivity index (χ2n) is 6.94. The van der Waals surface area contributed by atoms with Crippen LogP contribution in [0.25, 0.3) is 11.4 Å². The number of hydrogen-bond donors (Lipinski definition) is 1. The molecule has 26 heavy (non-hydrogen) atoms. The molecule has 2 saturated heterocycles. The molecule has 1 amide bonds. The highest BCUT2D eigenvalue weighted by molar-refractivity contribution is 6.30. The quantitative estimate of drug-likeness (QED) is 0.896. The summed E-state index contributed by atoms with van der Waals surface area (Å²) in [6.07, 6.45) is 0.816. The number of amides is 1. The first kappa shape index (κ1) is 17.5. The third kappa shape index (κ3) is 3.13. The summed E-state index contributed by atoms with van der Waals surface area (Å²) in [5.74, 6) is 0.677. The lowest BCUT2D eigenvalue weighted by Gasteiger charge is -2.33. The fourth-order valence-electron chi connectivity index (χ4n) is 3.76. The number of ether oxygens (including phenoxy) is 1. The molecule has 2 atom stereocenters. The Morgan fingerprint density at radius 2 is 2.12 bits per heavy atom. The van der Waals surface area contributed by atoms with E-state index >= 15 is 0 Å². The van der Waals surface area contributed by atoms with Crippen molar-refractivity contribution >= 4 is 17.5 Å². The smallest absolute Gasteiger partial charge is 0.274 e. The Bertz CT molecular complexity index is 804. The standard InChI is InChI=1S/C19H23ClN4O2/c1-3-14-17(22-18(21-14)12-4-6-13(20)7-5-12)19(25)24-10-15-16(11-24)26-9-8-23(15)2/h4-7,15-16H,3,8-11H2,1-2H3,(H,21,22)/t15-,16+/m0/s1. The van der Waals surface area contributed by atoms with Gasteiger partial charge in [0.15, 0.2) is 0 Å². The minimum absolute atomic E-state index is 0.0234. The molecule has 0 bridgehead atoms. The fourth-order valence-corrected chi connectivity index (χ4v) is 3.89. The molecule has 2 aromatic rings. The van der Waals surface area contributed by atoms with E-state index in [9.17, 15) is 4.79 Å². The van der Waals surface area contributed by atoms with Gasteiger partial charge in [-0.3, -0.25) is 9.69 Å². The number of imidazole rings is 1. The number of benzene rings is 1. The number of morpholine rings is 1. The number of fused-ring (bicyclic) bond motifs is 1. The SMILES string of the molecule is CCc1[nH]c(-c2ccc(Cl)cc2)nc1C(=O)N1C[C@H]2OCCN(C)[C@H]2C1. The zero-order valence-electron chi connectivity index (χ0n) is 15.0. The molecular weight excluding hydrogens is 352 g/mol. The molecule has 0 saturated carbocycles. The van der Waals surface area contributed by atoms with Gasteiger partial charge in [0.2, 0.25) is 0 Å². The highest BCUT2D eigenvalue weighted by Gasteiger charge is 2.41. The van der Waals surface area contributed by atoms with Crippen molar-refractivity contribution in [3.8, 4) is 11.4 Å². The monoisotopic (exact) mass is 374 g/mol. The van der Waals surface area contributed by atoms with Gasteiger partial charge in [-0.25, -0.2) is 4.98 Å². The summed E-state index contributed by atoms with van der Waals surface area (Å²) >= 11 is 5.96. The summed E-state index contributed by atoms with van der Waals surface area (Å²) in [7, 11) is 2.10. The third-order valence-electron chi connectivity index (χ3n) is 5.32. The number of aromatic amines is 1. The Kier molecular flexibility index (Phi) is 4.73. The maximum Gasteiger partial charge on any atom is 0.274 e. The van der Waals surface area contributed by atoms with Gasteiger partial charge in [-0.05, 0) is 37.7 Å². The fraction of sp³-hybridized carbons (Fsp3) is 0.474. The molecule has 2 aliphatic heterocycles. The van der Waals surface area contributed by atoms with Crippen molar-refractivity contribution in [2.75, 3.05) is 33.3 Å². The number of rotatable bonds is 3. The molecule has 0 radical (unpaired) electrons. The summed E-state index contributed by atoms with van der Waals surface area (Å²) in [5.41, 5.74) is 2.30. The van der Waals surface area contributed by atoms with Gasteiger partial charge in [0.25, 0.3) is 5.91 Å². The molecule has 3 heterocycles. The first-order valence-corrected chi connectivity index (χ1v) is 9.40. The Hall–Kier alpha value is -1.89. The molecule has 138 valence electrons. The summed E-state index contributed by atoms with van der Waals surface area (Å²) in [5, 5.41) is 0.677. The summed E-state index contributed by atoms with van der Waals surface area (Å²) < 4.78 is 5.85. The molecule has 7 heteroatoms. The second kappa shape index (κ2) is 7.02. The van der Waals surface area contributed by atoms with Crippen molar-refractivity contribution in [1.82, 2.24) is 19.8 Å². The van der Waals surface area contributed by atoms with Crippen LogP contribution < -0.4 is 0 Å². The summed E-state index contributed by atoms with van der Waals surface area (Å²) in [4.78, 5) is 25.2. The van der Waals surface area contributed by atoms with Crippen LogP contribution in [-0.2, 0) is 11.2 Å². The van der Waals surface area contributed by atoms with Crippen molar-refractivity contribution in [2.45, 2.75) is 25.5 Å². The number of halogens is 1. The van der Waals surface area contributed by atoms with Crippen molar-refractivity contribution in [1.29, 1.82) is 0 Å². The van der Waals surface area contributed by atoms with Crippen molar-refractivity contribution in [2.24, 2.45) is 0 Å². The predicted octanol–water partition coefficient (Wildman–Crippen LogP) is 2.45. The van der Waals surface area contributed by atoms with Gasteiger partial charge in [0, 0.05) is 35.9 Å². The normalized spacial score (nSPS) is 23.3. The van der Waals surface area contributed by atoms with Crippen molar-refractivity contribution in [3.05, 3.63) is 40.7 Å². The van der Waals surface area contributed by atoms with Crippen LogP contribution in [0.1, 0.15) is 23.1 Å². The minimum Gasteiger partial charge on any atom is -0.373 e. The highest BCUT2D eigenvalue weighted by atomic mass is 35.5. The zero-order chi connectivity index (χ0) is 18.3. The number of nitrogens with zero attached hydrogens (tertiary/aromatic N) is 3. The molecule has 6 nitrogen and oxygen atoms in total. The Morgan fingerprint density at radius 3 is 2.81 bits per heavy atom. The summed E-state index contributed by atoms with van der Waals surface area (Å²) in [6.45, 7) is 4.97. The molecule has 1 aromatic heterocycles. The number of nitrogens with one attached hydrogen (secondary N) is 1. The van der Waals surface area contributed by atoms with E-state index in [4.69, 9.17) is 16.3 Å². The van der Waals surface area contributed by atoms with E-state index in [1.807, 2.05) is 36.1 Å². The van der Waals surface area contributed by atoms with Crippen LogP contribution in [-0.4, -0.2) is 71.1 Å². The molecule has 2 fully saturated rings. The average molecular weight is 375 g/mol. The number of aromatic nitrogens is 2. The molecule has 0 aliphatic carbocycles. The predicted molar refractivity (Wildman–Crippen MR) is 100 cm³/mol. The average Bonchev–Trinajstić information content (AvgIpc) is 3.27. The molecule has 2 aliphatic rings. The highest BCUT2D eigenvalue weighted by Crippen LogP contribution is 2.26. The maximum atomic E-state index is 13.1. The number of carbonyl (C=O) groups is 1. The number of likely N-dealkylation sites (tertiary alicyclic amines) is 1. The van der Waals surface area contributed by atoms with E-state index in [1.165, 1.54) is 0 Å². The van der Waals surface area contributed by atoms with Gasteiger partial charge in [-0.15, -0.1) is 0 Å². The van der Waals surface area contributed by atoms with E-state index in [1.54, 1.807) is 0 Å². The molecule has 4 rings (SSSR count). The summed E-state index contributed by atoms with van der Waals surface area (Å²) in [6, 6.07) is 7.73. The van der Waals surface area contributed by atoms with E-state index in [-0.39, 0.29) is 18.1 Å². The lowest BCUT2D eigenvalue weighted by atomic mass is 10.1. The van der Waals surface area contributed by atoms with Gasteiger partial charge in [-0.1, -0.05) is 18.5 Å².